The Kier molecular flexibility index (Phi) is 3.29. The minimum Gasteiger partial charge on any atom is -0.497 e. The van der Waals surface area contributed by atoms with E-state index < -0.39 is 0 Å². The van der Waals surface area contributed by atoms with Crippen molar-refractivity contribution in [3.63, 3.8) is 0 Å². The average Bonchev–Trinajstić information content (AvgIpc) is 3.18. The van der Waals surface area contributed by atoms with Crippen LogP contribution in [0.25, 0.3) is 11.3 Å². The molecular weight excluding hydrogens is 254 g/mol. The van der Waals surface area contributed by atoms with Gasteiger partial charge in [-0.05, 0) is 24.3 Å². The fourth-order valence-corrected chi connectivity index (χ4v) is 2.18. The molecule has 1 aromatic carbocycles. The van der Waals surface area contributed by atoms with Gasteiger partial charge in [0.05, 0.1) is 7.11 Å². The number of carbonyl (C=O) groups excluding carboxylic acids is 1. The first-order valence-corrected chi connectivity index (χ1v) is 6.46. The summed E-state index contributed by atoms with van der Waals surface area (Å²) in [5, 5.41) is 0. The summed E-state index contributed by atoms with van der Waals surface area (Å²) in [6.07, 6.45) is 3.95. The van der Waals surface area contributed by atoms with Crippen LogP contribution in [0.15, 0.2) is 53.0 Å². The zero-order valence-corrected chi connectivity index (χ0v) is 11.2. The van der Waals surface area contributed by atoms with Gasteiger partial charge in [-0.2, -0.15) is 0 Å². The maximum Gasteiger partial charge on any atom is 0.290 e. The zero-order valence-electron chi connectivity index (χ0n) is 11.2. The van der Waals surface area contributed by atoms with Crippen molar-refractivity contribution in [1.82, 2.24) is 4.90 Å². The molecule has 4 heteroatoms. The first kappa shape index (κ1) is 12.5. The number of amides is 1. The molecule has 1 aliphatic rings. The molecule has 0 spiro atoms. The van der Waals surface area contributed by atoms with Crippen LogP contribution in [-0.4, -0.2) is 31.0 Å². The number of ether oxygens (including phenoxy) is 1. The Labute approximate surface area is 117 Å². The second-order valence-corrected chi connectivity index (χ2v) is 4.58. The Morgan fingerprint density at radius 2 is 2.00 bits per heavy atom. The molecule has 2 aromatic rings. The third-order valence-electron chi connectivity index (χ3n) is 3.28. The maximum absolute atomic E-state index is 12.2. The van der Waals surface area contributed by atoms with E-state index in [0.29, 0.717) is 24.6 Å². The van der Waals surface area contributed by atoms with Crippen molar-refractivity contribution >= 4 is 5.91 Å². The van der Waals surface area contributed by atoms with E-state index >= 15 is 0 Å². The van der Waals surface area contributed by atoms with Gasteiger partial charge in [-0.1, -0.05) is 24.3 Å². The van der Waals surface area contributed by atoms with Gasteiger partial charge in [0, 0.05) is 18.7 Å². The van der Waals surface area contributed by atoms with Gasteiger partial charge in [-0.3, -0.25) is 4.79 Å². The summed E-state index contributed by atoms with van der Waals surface area (Å²) in [5.41, 5.74) is 0.892. The topological polar surface area (TPSA) is 42.7 Å². The molecule has 1 aromatic heterocycles. The standard InChI is InChI=1S/C16H15NO3/c1-19-13-6-4-5-12(11-13)14-7-8-15(20-14)16(18)17-9-2-3-10-17/h2-8,11H,9-10H2,1H3. The lowest BCUT2D eigenvalue weighted by Gasteiger charge is -2.12. The summed E-state index contributed by atoms with van der Waals surface area (Å²) in [4.78, 5) is 13.9. The molecule has 2 heterocycles. The number of carbonyl (C=O) groups is 1. The van der Waals surface area contributed by atoms with Crippen molar-refractivity contribution in [3.8, 4) is 17.1 Å². The Hall–Kier alpha value is -2.49. The Morgan fingerprint density at radius 1 is 1.20 bits per heavy atom. The minimum absolute atomic E-state index is 0.0795. The molecule has 1 aliphatic heterocycles. The lowest BCUT2D eigenvalue weighted by Crippen LogP contribution is -2.27. The summed E-state index contributed by atoms with van der Waals surface area (Å²) in [5.74, 6) is 1.71. The summed E-state index contributed by atoms with van der Waals surface area (Å²) < 4.78 is 10.9. The summed E-state index contributed by atoms with van der Waals surface area (Å²) >= 11 is 0. The molecule has 3 rings (SSSR count). The molecule has 0 saturated carbocycles. The van der Waals surface area contributed by atoms with Crippen LogP contribution in [0, 0.1) is 0 Å². The van der Waals surface area contributed by atoms with E-state index in [2.05, 4.69) is 0 Å². The molecule has 0 atom stereocenters. The summed E-state index contributed by atoms with van der Waals surface area (Å²) in [6.45, 7) is 1.29. The smallest absolute Gasteiger partial charge is 0.290 e. The van der Waals surface area contributed by atoms with Crippen LogP contribution in [0.5, 0.6) is 5.75 Å². The number of nitrogens with zero attached hydrogens (tertiary/aromatic N) is 1. The number of methoxy groups -OCH3 is 1. The van der Waals surface area contributed by atoms with E-state index in [-0.39, 0.29) is 5.91 Å². The number of hydrogen-bond acceptors (Lipinski definition) is 3. The van der Waals surface area contributed by atoms with Crippen LogP contribution in [-0.2, 0) is 0 Å². The van der Waals surface area contributed by atoms with Gasteiger partial charge in [0.25, 0.3) is 5.91 Å². The van der Waals surface area contributed by atoms with E-state index in [1.807, 2.05) is 42.5 Å². The van der Waals surface area contributed by atoms with Gasteiger partial charge in [-0.25, -0.2) is 0 Å². The SMILES string of the molecule is COc1cccc(-c2ccc(C(=O)N3CC=CC3)o2)c1. The highest BCUT2D eigenvalue weighted by Gasteiger charge is 2.20. The number of hydrogen-bond donors (Lipinski definition) is 0. The van der Waals surface area contributed by atoms with E-state index in [0.717, 1.165) is 11.3 Å². The quantitative estimate of drug-likeness (QED) is 0.804. The van der Waals surface area contributed by atoms with Gasteiger partial charge >= 0.3 is 0 Å². The van der Waals surface area contributed by atoms with Crippen LogP contribution < -0.4 is 4.74 Å². The summed E-state index contributed by atoms with van der Waals surface area (Å²) in [6, 6.07) is 11.1. The molecule has 0 saturated heterocycles. The third kappa shape index (κ3) is 2.32. The molecule has 4 nitrogen and oxygen atoms in total. The van der Waals surface area contributed by atoms with Crippen LogP contribution >= 0.6 is 0 Å². The molecule has 0 radical (unpaired) electrons. The lowest BCUT2D eigenvalue weighted by molar-refractivity contribution is 0.0769. The fraction of sp³-hybridized carbons (Fsp3) is 0.188. The normalized spacial score (nSPS) is 13.8. The van der Waals surface area contributed by atoms with Crippen LogP contribution in [0.4, 0.5) is 0 Å². The highest BCUT2D eigenvalue weighted by Crippen LogP contribution is 2.26. The lowest BCUT2D eigenvalue weighted by atomic mass is 10.2. The highest BCUT2D eigenvalue weighted by atomic mass is 16.5. The average molecular weight is 269 g/mol. The maximum atomic E-state index is 12.2. The van der Waals surface area contributed by atoms with Gasteiger partial charge in [0.15, 0.2) is 5.76 Å². The molecule has 0 fully saturated rings. The zero-order chi connectivity index (χ0) is 13.9. The van der Waals surface area contributed by atoms with Crippen molar-refractivity contribution in [1.29, 1.82) is 0 Å². The largest absolute Gasteiger partial charge is 0.497 e. The van der Waals surface area contributed by atoms with Crippen molar-refractivity contribution in [2.24, 2.45) is 0 Å². The first-order valence-electron chi connectivity index (χ1n) is 6.46. The molecule has 1 amide bonds. The van der Waals surface area contributed by atoms with E-state index in [1.54, 1.807) is 18.1 Å². The van der Waals surface area contributed by atoms with E-state index in [4.69, 9.17) is 9.15 Å². The molecule has 0 unspecified atom stereocenters. The number of rotatable bonds is 3. The predicted octanol–water partition coefficient (Wildman–Crippen LogP) is 2.97. The Morgan fingerprint density at radius 3 is 2.75 bits per heavy atom. The molecule has 20 heavy (non-hydrogen) atoms. The van der Waals surface area contributed by atoms with Gasteiger partial charge in [0.2, 0.25) is 0 Å². The van der Waals surface area contributed by atoms with Crippen molar-refractivity contribution in [2.45, 2.75) is 0 Å². The van der Waals surface area contributed by atoms with Crippen LogP contribution in [0.2, 0.25) is 0 Å². The van der Waals surface area contributed by atoms with Crippen molar-refractivity contribution in [2.75, 3.05) is 20.2 Å². The van der Waals surface area contributed by atoms with Crippen molar-refractivity contribution < 1.29 is 13.9 Å². The second kappa shape index (κ2) is 5.25. The number of furan rings is 1. The monoisotopic (exact) mass is 269 g/mol. The summed E-state index contributed by atoms with van der Waals surface area (Å²) in [7, 11) is 1.62. The fourth-order valence-electron chi connectivity index (χ4n) is 2.18. The molecule has 0 N–H and O–H groups in total. The first-order chi connectivity index (χ1) is 9.78. The predicted molar refractivity (Wildman–Crippen MR) is 75.7 cm³/mol. The van der Waals surface area contributed by atoms with E-state index in [1.165, 1.54) is 0 Å². The number of benzene rings is 1. The molecule has 102 valence electrons. The van der Waals surface area contributed by atoms with Gasteiger partial charge in [-0.15, -0.1) is 0 Å². The molecule has 0 bridgehead atoms. The Balaban J connectivity index is 1.84. The molecular formula is C16H15NO3. The van der Waals surface area contributed by atoms with Crippen molar-refractivity contribution in [3.05, 3.63) is 54.3 Å². The Bertz CT molecular complexity index is 649. The van der Waals surface area contributed by atoms with E-state index in [9.17, 15) is 4.79 Å². The van der Waals surface area contributed by atoms with Crippen LogP contribution in [0.3, 0.4) is 0 Å². The second-order valence-electron chi connectivity index (χ2n) is 4.58. The highest BCUT2D eigenvalue weighted by molar-refractivity contribution is 5.92. The van der Waals surface area contributed by atoms with Crippen LogP contribution in [0.1, 0.15) is 10.6 Å². The third-order valence-corrected chi connectivity index (χ3v) is 3.28. The van der Waals surface area contributed by atoms with Gasteiger partial charge < -0.3 is 14.1 Å². The van der Waals surface area contributed by atoms with Gasteiger partial charge in [0.1, 0.15) is 11.5 Å². The molecule has 0 aliphatic carbocycles. The minimum atomic E-state index is -0.0795.